The average molecular weight is 254 g/mol. The predicted molar refractivity (Wildman–Crippen MR) is 73.3 cm³/mol. The molecule has 18 heavy (non-hydrogen) atoms. The van der Waals surface area contributed by atoms with E-state index in [2.05, 4.69) is 19.2 Å². The molecule has 2 N–H and O–H groups in total. The molecule has 1 unspecified atom stereocenters. The van der Waals surface area contributed by atoms with Crippen LogP contribution in [0, 0.1) is 5.82 Å². The van der Waals surface area contributed by atoms with Gasteiger partial charge in [0.1, 0.15) is 5.82 Å². The van der Waals surface area contributed by atoms with E-state index in [9.17, 15) is 9.50 Å². The Hall–Kier alpha value is -1.13. The Morgan fingerprint density at radius 3 is 2.56 bits per heavy atom. The van der Waals surface area contributed by atoms with E-state index >= 15 is 0 Å². The van der Waals surface area contributed by atoms with Gasteiger partial charge in [-0.05, 0) is 30.7 Å². The lowest BCUT2D eigenvalue weighted by molar-refractivity contribution is 0.201. The first-order chi connectivity index (χ1) is 8.40. The van der Waals surface area contributed by atoms with Crippen molar-refractivity contribution in [3.05, 3.63) is 29.6 Å². The lowest BCUT2D eigenvalue weighted by Crippen LogP contribution is -2.29. The van der Waals surface area contributed by atoms with Crippen molar-refractivity contribution in [2.24, 2.45) is 0 Å². The molecule has 0 aliphatic carbocycles. The van der Waals surface area contributed by atoms with Crippen molar-refractivity contribution in [1.29, 1.82) is 0 Å². The van der Waals surface area contributed by atoms with Crippen LogP contribution in [-0.2, 0) is 6.54 Å². The summed E-state index contributed by atoms with van der Waals surface area (Å²) in [6.07, 6.45) is -0.411. The molecule has 0 saturated carbocycles. The molecule has 1 atom stereocenters. The number of nitrogens with zero attached hydrogens (tertiary/aromatic N) is 1. The Kier molecular flexibility index (Phi) is 5.56. The van der Waals surface area contributed by atoms with Crippen molar-refractivity contribution >= 4 is 5.69 Å². The van der Waals surface area contributed by atoms with Crippen LogP contribution in [0.3, 0.4) is 0 Å². The fourth-order valence-corrected chi connectivity index (χ4v) is 1.88. The van der Waals surface area contributed by atoms with E-state index in [1.165, 1.54) is 6.07 Å². The van der Waals surface area contributed by atoms with Gasteiger partial charge in [-0.15, -0.1) is 0 Å². The van der Waals surface area contributed by atoms with E-state index in [-0.39, 0.29) is 5.82 Å². The van der Waals surface area contributed by atoms with Gasteiger partial charge in [0, 0.05) is 31.9 Å². The van der Waals surface area contributed by atoms with Crippen LogP contribution in [0.25, 0.3) is 0 Å². The fraction of sp³-hybridized carbons (Fsp3) is 0.571. The third-order valence-corrected chi connectivity index (χ3v) is 2.69. The highest BCUT2D eigenvalue weighted by Gasteiger charge is 2.10. The number of halogens is 1. The van der Waals surface area contributed by atoms with Crippen LogP contribution in [-0.4, -0.2) is 30.8 Å². The second-order valence-electron chi connectivity index (χ2n) is 5.04. The standard InChI is InChI=1S/C14H23FN2O/c1-10(2)16-8-12-7-13(15)5-6-14(12)17(4)9-11(3)18/h5-7,10-11,16,18H,8-9H2,1-4H3. The zero-order valence-electron chi connectivity index (χ0n) is 11.6. The normalized spacial score (nSPS) is 12.8. The van der Waals surface area contributed by atoms with Crippen molar-refractivity contribution in [2.75, 3.05) is 18.5 Å². The number of rotatable bonds is 6. The van der Waals surface area contributed by atoms with Gasteiger partial charge in [-0.1, -0.05) is 13.8 Å². The quantitative estimate of drug-likeness (QED) is 0.816. The van der Waals surface area contributed by atoms with Crippen LogP contribution in [0.1, 0.15) is 26.3 Å². The van der Waals surface area contributed by atoms with Crippen LogP contribution in [0.2, 0.25) is 0 Å². The van der Waals surface area contributed by atoms with Crippen molar-refractivity contribution in [1.82, 2.24) is 5.32 Å². The molecule has 0 saturated heterocycles. The highest BCUT2D eigenvalue weighted by Crippen LogP contribution is 2.21. The largest absolute Gasteiger partial charge is 0.392 e. The Bertz CT molecular complexity index is 380. The van der Waals surface area contributed by atoms with Gasteiger partial charge in [0.25, 0.3) is 0 Å². The number of aliphatic hydroxyl groups is 1. The van der Waals surface area contributed by atoms with Crippen molar-refractivity contribution in [2.45, 2.75) is 39.5 Å². The van der Waals surface area contributed by atoms with Gasteiger partial charge in [0.2, 0.25) is 0 Å². The number of aliphatic hydroxyl groups excluding tert-OH is 1. The van der Waals surface area contributed by atoms with Crippen molar-refractivity contribution < 1.29 is 9.50 Å². The fourth-order valence-electron chi connectivity index (χ4n) is 1.88. The number of hydrogen-bond acceptors (Lipinski definition) is 3. The van der Waals surface area contributed by atoms with E-state index < -0.39 is 6.10 Å². The maximum Gasteiger partial charge on any atom is 0.123 e. The SMILES string of the molecule is CC(O)CN(C)c1ccc(F)cc1CNC(C)C. The molecule has 1 aromatic rings. The minimum atomic E-state index is -0.411. The van der Waals surface area contributed by atoms with Crippen molar-refractivity contribution in [3.8, 4) is 0 Å². The van der Waals surface area contributed by atoms with E-state index in [4.69, 9.17) is 0 Å². The summed E-state index contributed by atoms with van der Waals surface area (Å²) >= 11 is 0. The molecule has 1 rings (SSSR count). The molecular weight excluding hydrogens is 231 g/mol. The van der Waals surface area contributed by atoms with Crippen molar-refractivity contribution in [3.63, 3.8) is 0 Å². The third kappa shape index (κ3) is 4.63. The molecule has 0 heterocycles. The molecule has 0 aromatic heterocycles. The second-order valence-corrected chi connectivity index (χ2v) is 5.04. The molecule has 0 radical (unpaired) electrons. The van der Waals surface area contributed by atoms with Gasteiger partial charge < -0.3 is 15.3 Å². The third-order valence-electron chi connectivity index (χ3n) is 2.69. The molecule has 4 heteroatoms. The molecular formula is C14H23FN2O. The molecule has 0 bridgehead atoms. The average Bonchev–Trinajstić information content (AvgIpc) is 2.25. The van der Waals surface area contributed by atoms with Crippen LogP contribution in [0.15, 0.2) is 18.2 Å². The van der Waals surface area contributed by atoms with Gasteiger partial charge in [-0.25, -0.2) is 4.39 Å². The Morgan fingerprint density at radius 2 is 2.00 bits per heavy atom. The number of nitrogens with one attached hydrogen (secondary N) is 1. The van der Waals surface area contributed by atoms with E-state index in [0.717, 1.165) is 11.3 Å². The van der Waals surface area contributed by atoms with Gasteiger partial charge >= 0.3 is 0 Å². The van der Waals surface area contributed by atoms with Crippen LogP contribution < -0.4 is 10.2 Å². The van der Waals surface area contributed by atoms with Gasteiger partial charge in [0.15, 0.2) is 0 Å². The maximum absolute atomic E-state index is 13.3. The Balaban J connectivity index is 2.88. The monoisotopic (exact) mass is 254 g/mol. The summed E-state index contributed by atoms with van der Waals surface area (Å²) in [5.74, 6) is -0.232. The van der Waals surface area contributed by atoms with Gasteiger partial charge in [0.05, 0.1) is 6.10 Å². The lowest BCUT2D eigenvalue weighted by Gasteiger charge is -2.24. The number of benzene rings is 1. The maximum atomic E-state index is 13.3. The minimum Gasteiger partial charge on any atom is -0.392 e. The first-order valence-electron chi connectivity index (χ1n) is 6.31. The topological polar surface area (TPSA) is 35.5 Å². The highest BCUT2D eigenvalue weighted by molar-refractivity contribution is 5.53. The zero-order chi connectivity index (χ0) is 13.7. The molecule has 0 amide bonds. The molecule has 0 aliphatic heterocycles. The molecule has 0 aliphatic rings. The molecule has 3 nitrogen and oxygen atoms in total. The summed E-state index contributed by atoms with van der Waals surface area (Å²) in [6.45, 7) is 7.00. The number of anilines is 1. The second kappa shape index (κ2) is 6.71. The summed E-state index contributed by atoms with van der Waals surface area (Å²) in [5, 5.41) is 12.7. The Morgan fingerprint density at radius 1 is 1.33 bits per heavy atom. The van der Waals surface area contributed by atoms with Gasteiger partial charge in [-0.2, -0.15) is 0 Å². The molecule has 1 aromatic carbocycles. The first kappa shape index (κ1) is 14.9. The summed E-state index contributed by atoms with van der Waals surface area (Å²) in [6, 6.07) is 5.11. The van der Waals surface area contributed by atoms with Gasteiger partial charge in [-0.3, -0.25) is 0 Å². The highest BCUT2D eigenvalue weighted by atomic mass is 19.1. The molecule has 0 fully saturated rings. The smallest absolute Gasteiger partial charge is 0.123 e. The number of hydrogen-bond donors (Lipinski definition) is 2. The zero-order valence-corrected chi connectivity index (χ0v) is 11.6. The van der Waals surface area contributed by atoms with E-state index in [1.807, 2.05) is 11.9 Å². The summed E-state index contributed by atoms with van der Waals surface area (Å²) in [4.78, 5) is 1.95. The van der Waals surface area contributed by atoms with Crippen LogP contribution in [0.4, 0.5) is 10.1 Å². The van der Waals surface area contributed by atoms with Crippen LogP contribution in [0.5, 0.6) is 0 Å². The van der Waals surface area contributed by atoms with E-state index in [0.29, 0.717) is 19.1 Å². The molecule has 102 valence electrons. The number of likely N-dealkylation sites (N-methyl/N-ethyl adjacent to an activating group) is 1. The van der Waals surface area contributed by atoms with E-state index in [1.54, 1.807) is 19.1 Å². The lowest BCUT2D eigenvalue weighted by atomic mass is 10.1. The Labute approximate surface area is 109 Å². The molecule has 0 spiro atoms. The minimum absolute atomic E-state index is 0.232. The summed E-state index contributed by atoms with van der Waals surface area (Å²) < 4.78 is 13.3. The summed E-state index contributed by atoms with van der Waals surface area (Å²) in [5.41, 5.74) is 1.86. The predicted octanol–water partition coefficient (Wildman–Crippen LogP) is 2.14. The first-order valence-corrected chi connectivity index (χ1v) is 6.31. The summed E-state index contributed by atoms with van der Waals surface area (Å²) in [7, 11) is 1.90. The van der Waals surface area contributed by atoms with Crippen LogP contribution >= 0.6 is 0 Å².